The number of hydrogen-bond acceptors (Lipinski definition) is 7. The van der Waals surface area contributed by atoms with Gasteiger partial charge < -0.3 is 37.6 Å². The first-order chi connectivity index (χ1) is 16.8. The average molecular weight is 486 g/mol. The van der Waals surface area contributed by atoms with Crippen molar-refractivity contribution in [1.82, 2.24) is 31.9 Å². The van der Waals surface area contributed by atoms with E-state index in [9.17, 15) is 4.79 Å². The Hall–Kier alpha value is -0.770. The van der Waals surface area contributed by atoms with E-state index in [1.807, 2.05) is 7.05 Å². The van der Waals surface area contributed by atoms with Crippen LogP contribution in [-0.2, 0) is 4.79 Å². The number of nitrogens with one attached hydrogen (secondary N) is 6. The lowest BCUT2D eigenvalue weighted by Crippen LogP contribution is -2.40. The number of hydrogen-bond donors (Lipinski definition) is 7. The summed E-state index contributed by atoms with van der Waals surface area (Å²) in [5.74, 6) is 0.662. The molecule has 2 unspecified atom stereocenters. The zero-order chi connectivity index (χ0) is 25.0. The Bertz CT molecular complexity index is 401. The number of carbonyl (C=O) groups excluding carboxylic acids is 1. The summed E-state index contributed by atoms with van der Waals surface area (Å²) in [6.45, 7) is 12.6. The molecule has 1 amide bonds. The van der Waals surface area contributed by atoms with Gasteiger partial charge in [-0.25, -0.2) is 0 Å². The molecule has 0 saturated heterocycles. The quantitative estimate of drug-likeness (QED) is 0.0635. The zero-order valence-electron chi connectivity index (χ0n) is 22.6. The summed E-state index contributed by atoms with van der Waals surface area (Å²) in [6, 6.07) is 0.531. The lowest BCUT2D eigenvalue weighted by Gasteiger charge is -2.26. The van der Waals surface area contributed by atoms with E-state index in [0.29, 0.717) is 12.0 Å². The Morgan fingerprint density at radius 3 is 1.94 bits per heavy atom. The van der Waals surface area contributed by atoms with Crippen molar-refractivity contribution in [3.63, 3.8) is 0 Å². The third-order valence-corrected chi connectivity index (χ3v) is 6.38. The van der Waals surface area contributed by atoms with E-state index in [1.54, 1.807) is 0 Å². The molecular formula is C26H59N7O. The molecule has 8 N–H and O–H groups in total. The Morgan fingerprint density at radius 1 is 0.676 bits per heavy atom. The van der Waals surface area contributed by atoms with E-state index in [4.69, 9.17) is 5.73 Å². The summed E-state index contributed by atoms with van der Waals surface area (Å²) in [6.07, 6.45) is 14.0. The second-order valence-electron chi connectivity index (χ2n) is 9.50. The third kappa shape index (κ3) is 24.4. The van der Waals surface area contributed by atoms with Crippen LogP contribution in [0.1, 0.15) is 77.6 Å². The molecule has 8 heteroatoms. The highest BCUT2D eigenvalue weighted by Gasteiger charge is 2.16. The monoisotopic (exact) mass is 485 g/mol. The van der Waals surface area contributed by atoms with Gasteiger partial charge in [0.2, 0.25) is 6.41 Å². The van der Waals surface area contributed by atoms with Gasteiger partial charge in [-0.05, 0) is 130 Å². The van der Waals surface area contributed by atoms with Crippen LogP contribution in [0.4, 0.5) is 0 Å². The number of rotatable bonds is 29. The van der Waals surface area contributed by atoms with Crippen molar-refractivity contribution in [3.8, 4) is 0 Å². The molecule has 34 heavy (non-hydrogen) atoms. The highest BCUT2D eigenvalue weighted by Crippen LogP contribution is 2.14. The summed E-state index contributed by atoms with van der Waals surface area (Å²) in [5, 5.41) is 20.4. The average Bonchev–Trinajstić information content (AvgIpc) is 2.84. The van der Waals surface area contributed by atoms with Gasteiger partial charge in [0.25, 0.3) is 0 Å². The van der Waals surface area contributed by atoms with Crippen LogP contribution < -0.4 is 37.6 Å². The molecule has 0 bridgehead atoms. The lowest BCUT2D eigenvalue weighted by molar-refractivity contribution is -0.109. The van der Waals surface area contributed by atoms with Crippen molar-refractivity contribution in [3.05, 3.63) is 0 Å². The van der Waals surface area contributed by atoms with Gasteiger partial charge in [-0.2, -0.15) is 0 Å². The largest absolute Gasteiger partial charge is 0.359 e. The molecule has 0 heterocycles. The first-order valence-corrected chi connectivity index (χ1v) is 14.1. The van der Waals surface area contributed by atoms with E-state index in [-0.39, 0.29) is 0 Å². The summed E-state index contributed by atoms with van der Waals surface area (Å²) >= 11 is 0. The predicted molar refractivity (Wildman–Crippen MR) is 147 cm³/mol. The van der Waals surface area contributed by atoms with Gasteiger partial charge in [-0.1, -0.05) is 19.3 Å². The Labute approximate surface area is 211 Å². The summed E-state index contributed by atoms with van der Waals surface area (Å²) < 4.78 is 0. The zero-order valence-corrected chi connectivity index (χ0v) is 22.6. The molecule has 2 atom stereocenters. The van der Waals surface area contributed by atoms with Crippen LogP contribution in [0.2, 0.25) is 0 Å². The van der Waals surface area contributed by atoms with Gasteiger partial charge >= 0.3 is 0 Å². The maximum absolute atomic E-state index is 10.3. The summed E-state index contributed by atoms with van der Waals surface area (Å²) in [7, 11) is 2.01. The Balaban J connectivity index is 4.02. The Kier molecular flexibility index (Phi) is 27.8. The maximum atomic E-state index is 10.3. The van der Waals surface area contributed by atoms with Gasteiger partial charge in [0.1, 0.15) is 0 Å². The smallest absolute Gasteiger partial charge is 0.207 e. The number of unbranched alkanes of at least 4 members (excludes halogenated alkanes) is 5. The van der Waals surface area contributed by atoms with E-state index in [2.05, 4.69) is 38.8 Å². The SMILES string of the molecule is CNCCCNCCCCNCC(CCCCCCNC=O)C(C)NCCCCNCCCN. The van der Waals surface area contributed by atoms with E-state index in [0.717, 1.165) is 84.7 Å². The number of carbonyl (C=O) groups is 1. The lowest BCUT2D eigenvalue weighted by atomic mass is 9.93. The molecule has 8 nitrogen and oxygen atoms in total. The van der Waals surface area contributed by atoms with Crippen molar-refractivity contribution < 1.29 is 4.79 Å². The third-order valence-electron chi connectivity index (χ3n) is 6.38. The minimum absolute atomic E-state index is 0.531. The highest BCUT2D eigenvalue weighted by atomic mass is 16.1. The van der Waals surface area contributed by atoms with Crippen molar-refractivity contribution >= 4 is 6.41 Å². The van der Waals surface area contributed by atoms with Crippen LogP contribution in [0.5, 0.6) is 0 Å². The second-order valence-corrected chi connectivity index (χ2v) is 9.50. The minimum atomic E-state index is 0.531. The van der Waals surface area contributed by atoms with Crippen LogP contribution in [-0.4, -0.2) is 84.9 Å². The molecule has 0 radical (unpaired) electrons. The van der Waals surface area contributed by atoms with Gasteiger partial charge in [-0.3, -0.25) is 4.79 Å². The molecule has 0 aromatic rings. The molecule has 204 valence electrons. The minimum Gasteiger partial charge on any atom is -0.359 e. The fourth-order valence-electron chi connectivity index (χ4n) is 4.10. The fraction of sp³-hybridized carbons (Fsp3) is 0.962. The highest BCUT2D eigenvalue weighted by molar-refractivity contribution is 5.45. The van der Waals surface area contributed by atoms with Gasteiger partial charge in [-0.15, -0.1) is 0 Å². The van der Waals surface area contributed by atoms with Gasteiger partial charge in [0, 0.05) is 12.6 Å². The summed E-state index contributed by atoms with van der Waals surface area (Å²) in [5.41, 5.74) is 5.53. The summed E-state index contributed by atoms with van der Waals surface area (Å²) in [4.78, 5) is 10.3. The van der Waals surface area contributed by atoms with Gasteiger partial charge in [0.05, 0.1) is 0 Å². The first-order valence-electron chi connectivity index (χ1n) is 14.1. The van der Waals surface area contributed by atoms with E-state index in [1.165, 1.54) is 57.8 Å². The molecule has 0 aliphatic heterocycles. The van der Waals surface area contributed by atoms with E-state index >= 15 is 0 Å². The van der Waals surface area contributed by atoms with Crippen molar-refractivity contribution in [1.29, 1.82) is 0 Å². The molecule has 0 spiro atoms. The standard InChI is InChI=1S/C26H59N7O/c1-25(33-22-10-9-17-29-20-11-14-27)26(13-5-3-4-6-19-32-24-34)23-31-18-8-7-16-30-21-12-15-28-2/h24-26,28-31,33H,3-23,27H2,1-2H3,(H,32,34). The topological polar surface area (TPSA) is 115 Å². The molecular weight excluding hydrogens is 426 g/mol. The maximum Gasteiger partial charge on any atom is 0.207 e. The van der Waals surface area contributed by atoms with Crippen LogP contribution in [0.3, 0.4) is 0 Å². The van der Waals surface area contributed by atoms with E-state index < -0.39 is 0 Å². The predicted octanol–water partition coefficient (Wildman–Crippen LogP) is 1.56. The molecule has 0 rings (SSSR count). The molecule has 0 aliphatic carbocycles. The first kappa shape index (κ1) is 33.2. The number of nitrogens with two attached hydrogens (primary N) is 1. The Morgan fingerprint density at radius 2 is 1.26 bits per heavy atom. The normalized spacial score (nSPS) is 13.1. The van der Waals surface area contributed by atoms with Crippen molar-refractivity contribution in [2.45, 2.75) is 83.6 Å². The number of amides is 1. The molecule has 0 aromatic carbocycles. The van der Waals surface area contributed by atoms with Crippen LogP contribution in [0.25, 0.3) is 0 Å². The molecule has 0 aliphatic rings. The van der Waals surface area contributed by atoms with Crippen molar-refractivity contribution in [2.24, 2.45) is 11.7 Å². The van der Waals surface area contributed by atoms with Crippen LogP contribution >= 0.6 is 0 Å². The fourth-order valence-corrected chi connectivity index (χ4v) is 4.10. The van der Waals surface area contributed by atoms with Gasteiger partial charge in [0.15, 0.2) is 0 Å². The molecule has 0 aromatic heterocycles. The van der Waals surface area contributed by atoms with Crippen LogP contribution in [0, 0.1) is 5.92 Å². The van der Waals surface area contributed by atoms with Crippen LogP contribution in [0.15, 0.2) is 0 Å². The van der Waals surface area contributed by atoms with Crippen molar-refractivity contribution in [2.75, 3.05) is 72.5 Å². The molecule has 0 saturated carbocycles. The second kappa shape index (κ2) is 28.5. The molecule has 0 fully saturated rings.